The fourth-order valence-corrected chi connectivity index (χ4v) is 3.68. The number of amidine groups is 1. The van der Waals surface area contributed by atoms with E-state index >= 15 is 0 Å². The molecule has 0 atom stereocenters. The first-order valence-electron chi connectivity index (χ1n) is 7.79. The van der Waals surface area contributed by atoms with E-state index in [4.69, 9.17) is 0 Å². The van der Waals surface area contributed by atoms with Crippen LogP contribution in [0, 0.1) is 10.1 Å². The van der Waals surface area contributed by atoms with Crippen LogP contribution in [0.25, 0.3) is 6.08 Å². The highest BCUT2D eigenvalue weighted by molar-refractivity contribution is 8.18. The molecular formula is C16H17N3O4S. The number of aromatic hydroxyl groups is 1. The Bertz CT molecular complexity index is 739. The Kier molecular flexibility index (Phi) is 4.84. The van der Waals surface area contributed by atoms with E-state index in [0.29, 0.717) is 15.6 Å². The Balaban J connectivity index is 1.78. The van der Waals surface area contributed by atoms with E-state index in [9.17, 15) is 20.0 Å². The van der Waals surface area contributed by atoms with E-state index in [1.807, 2.05) is 0 Å². The quantitative estimate of drug-likeness (QED) is 0.496. The molecule has 2 N–H and O–H groups in total. The minimum atomic E-state index is -0.658. The van der Waals surface area contributed by atoms with Crippen molar-refractivity contribution in [2.75, 3.05) is 0 Å². The van der Waals surface area contributed by atoms with Gasteiger partial charge in [-0.2, -0.15) is 0 Å². The number of rotatable bonds is 3. The van der Waals surface area contributed by atoms with Crippen LogP contribution in [-0.4, -0.2) is 27.1 Å². The predicted molar refractivity (Wildman–Crippen MR) is 92.8 cm³/mol. The first-order chi connectivity index (χ1) is 11.5. The highest BCUT2D eigenvalue weighted by Gasteiger charge is 2.25. The van der Waals surface area contributed by atoms with Crippen LogP contribution in [0.2, 0.25) is 0 Å². The molecule has 8 heteroatoms. The number of hydrogen-bond acceptors (Lipinski definition) is 6. The van der Waals surface area contributed by atoms with Gasteiger partial charge in [-0.1, -0.05) is 25.3 Å². The van der Waals surface area contributed by atoms with Gasteiger partial charge >= 0.3 is 5.69 Å². The molecule has 0 spiro atoms. The lowest BCUT2D eigenvalue weighted by Gasteiger charge is -2.17. The van der Waals surface area contributed by atoms with Gasteiger partial charge in [0.2, 0.25) is 0 Å². The van der Waals surface area contributed by atoms with Crippen LogP contribution < -0.4 is 5.32 Å². The van der Waals surface area contributed by atoms with E-state index < -0.39 is 10.7 Å². The second-order valence-corrected chi connectivity index (χ2v) is 6.83. The van der Waals surface area contributed by atoms with Crippen molar-refractivity contribution in [3.8, 4) is 5.75 Å². The van der Waals surface area contributed by atoms with Crippen molar-refractivity contribution in [3.05, 3.63) is 38.8 Å². The van der Waals surface area contributed by atoms with E-state index in [1.165, 1.54) is 49.2 Å². The predicted octanol–water partition coefficient (Wildman–Crippen LogP) is 3.19. The fourth-order valence-electron chi connectivity index (χ4n) is 2.79. The number of hydrogen-bond donors (Lipinski definition) is 2. The van der Waals surface area contributed by atoms with Gasteiger partial charge in [-0.3, -0.25) is 19.9 Å². The van der Waals surface area contributed by atoms with Gasteiger partial charge in [0.25, 0.3) is 5.91 Å². The van der Waals surface area contributed by atoms with Gasteiger partial charge < -0.3 is 10.4 Å². The summed E-state index contributed by atoms with van der Waals surface area (Å²) in [4.78, 5) is 27.3. The molecule has 1 aromatic rings. The molecular weight excluding hydrogens is 330 g/mol. The zero-order chi connectivity index (χ0) is 17.1. The summed E-state index contributed by atoms with van der Waals surface area (Å²) in [6, 6.07) is 4.28. The number of aliphatic imine (C=N–C) groups is 1. The molecule has 0 aromatic heterocycles. The van der Waals surface area contributed by atoms with Crippen molar-refractivity contribution in [2.45, 2.75) is 38.1 Å². The zero-order valence-corrected chi connectivity index (χ0v) is 13.7. The van der Waals surface area contributed by atoms with Crippen LogP contribution in [0.3, 0.4) is 0 Å². The largest absolute Gasteiger partial charge is 0.502 e. The van der Waals surface area contributed by atoms with Crippen molar-refractivity contribution in [2.24, 2.45) is 4.99 Å². The lowest BCUT2D eigenvalue weighted by molar-refractivity contribution is -0.385. The van der Waals surface area contributed by atoms with Crippen molar-refractivity contribution in [1.82, 2.24) is 5.32 Å². The first kappa shape index (κ1) is 16.5. The van der Waals surface area contributed by atoms with Crippen molar-refractivity contribution in [3.63, 3.8) is 0 Å². The summed E-state index contributed by atoms with van der Waals surface area (Å²) in [6.07, 6.45) is 7.23. The van der Waals surface area contributed by atoms with Gasteiger partial charge in [0.15, 0.2) is 10.9 Å². The summed E-state index contributed by atoms with van der Waals surface area (Å²) in [5, 5.41) is 23.7. The summed E-state index contributed by atoms with van der Waals surface area (Å²) in [6.45, 7) is 0. The Morgan fingerprint density at radius 2 is 2.08 bits per heavy atom. The summed E-state index contributed by atoms with van der Waals surface area (Å²) < 4.78 is 0. The van der Waals surface area contributed by atoms with Crippen LogP contribution in [0.15, 0.2) is 28.1 Å². The number of phenols is 1. The molecule has 126 valence electrons. The van der Waals surface area contributed by atoms with E-state index in [2.05, 4.69) is 10.3 Å². The summed E-state index contributed by atoms with van der Waals surface area (Å²) >= 11 is 1.24. The Hall–Kier alpha value is -2.35. The molecule has 1 aliphatic heterocycles. The Morgan fingerprint density at radius 3 is 2.79 bits per heavy atom. The van der Waals surface area contributed by atoms with Crippen molar-refractivity contribution >= 4 is 34.6 Å². The second kappa shape index (κ2) is 7.04. The number of thioether (sulfide) groups is 1. The molecule has 7 nitrogen and oxygen atoms in total. The van der Waals surface area contributed by atoms with E-state index in [1.54, 1.807) is 6.08 Å². The number of amides is 1. The third kappa shape index (κ3) is 3.76. The molecule has 1 heterocycles. The number of carbonyl (C=O) groups excluding carboxylic acids is 1. The van der Waals surface area contributed by atoms with Gasteiger partial charge in [-0.15, -0.1) is 0 Å². The molecule has 1 saturated heterocycles. The van der Waals surface area contributed by atoms with E-state index in [0.717, 1.165) is 12.8 Å². The lowest BCUT2D eigenvalue weighted by atomic mass is 9.96. The Morgan fingerprint density at radius 1 is 1.33 bits per heavy atom. The molecule has 2 fully saturated rings. The summed E-state index contributed by atoms with van der Waals surface area (Å²) in [7, 11) is 0. The average Bonchev–Trinajstić information content (AvgIpc) is 2.89. The zero-order valence-electron chi connectivity index (χ0n) is 12.9. The SMILES string of the molecule is O=C1NC(=NC2CCCCC2)S/C1=C/c1ccc(O)c([N+](=O)[O-])c1. The van der Waals surface area contributed by atoms with Gasteiger partial charge in [0.05, 0.1) is 15.9 Å². The number of nitrogens with one attached hydrogen (secondary N) is 1. The lowest BCUT2D eigenvalue weighted by Crippen LogP contribution is -2.22. The molecule has 3 rings (SSSR count). The Labute approximate surface area is 143 Å². The third-order valence-electron chi connectivity index (χ3n) is 4.02. The molecule has 1 amide bonds. The number of nitro benzene ring substituents is 1. The minimum Gasteiger partial charge on any atom is -0.502 e. The minimum absolute atomic E-state index is 0.259. The second-order valence-electron chi connectivity index (χ2n) is 5.80. The fraction of sp³-hybridized carbons (Fsp3) is 0.375. The van der Waals surface area contributed by atoms with E-state index in [-0.39, 0.29) is 17.6 Å². The number of carbonyl (C=O) groups is 1. The van der Waals surface area contributed by atoms with Crippen molar-refractivity contribution < 1.29 is 14.8 Å². The topological polar surface area (TPSA) is 105 Å². The highest BCUT2D eigenvalue weighted by atomic mass is 32.2. The van der Waals surface area contributed by atoms with Gasteiger partial charge in [-0.05, 0) is 42.3 Å². The highest BCUT2D eigenvalue weighted by Crippen LogP contribution is 2.31. The van der Waals surface area contributed by atoms with Gasteiger partial charge in [-0.25, -0.2) is 0 Å². The number of benzene rings is 1. The van der Waals surface area contributed by atoms with Crippen LogP contribution in [0.4, 0.5) is 5.69 Å². The van der Waals surface area contributed by atoms with Gasteiger partial charge in [0, 0.05) is 6.07 Å². The average molecular weight is 347 g/mol. The smallest absolute Gasteiger partial charge is 0.311 e. The first-order valence-corrected chi connectivity index (χ1v) is 8.60. The van der Waals surface area contributed by atoms with Crippen LogP contribution >= 0.6 is 11.8 Å². The monoisotopic (exact) mass is 347 g/mol. The number of phenolic OH excluding ortho intramolecular Hbond substituents is 1. The molecule has 0 bridgehead atoms. The molecule has 0 unspecified atom stereocenters. The standard InChI is InChI=1S/C16H17N3O4S/c20-13-7-6-10(8-12(13)19(22)23)9-14-15(21)18-16(24-14)17-11-4-2-1-3-5-11/h6-9,11,20H,1-5H2,(H,17,18,21)/b14-9+. The molecule has 0 radical (unpaired) electrons. The van der Waals surface area contributed by atoms with Crippen LogP contribution in [-0.2, 0) is 4.79 Å². The maximum absolute atomic E-state index is 12.1. The van der Waals surface area contributed by atoms with Crippen molar-refractivity contribution in [1.29, 1.82) is 0 Å². The maximum atomic E-state index is 12.1. The summed E-state index contributed by atoms with van der Waals surface area (Å²) in [5.41, 5.74) is 0.0971. The van der Waals surface area contributed by atoms with Gasteiger partial charge in [0.1, 0.15) is 0 Å². The number of nitrogens with zero attached hydrogens (tertiary/aromatic N) is 2. The normalized spacial score (nSPS) is 22.1. The third-order valence-corrected chi connectivity index (χ3v) is 4.94. The van der Waals surface area contributed by atoms with Crippen LogP contribution in [0.5, 0.6) is 5.75 Å². The molecule has 1 aliphatic carbocycles. The maximum Gasteiger partial charge on any atom is 0.311 e. The molecule has 1 aromatic carbocycles. The van der Waals surface area contributed by atoms with Crippen LogP contribution in [0.1, 0.15) is 37.7 Å². The number of nitro groups is 1. The molecule has 24 heavy (non-hydrogen) atoms. The molecule has 2 aliphatic rings. The summed E-state index contributed by atoms with van der Waals surface area (Å²) in [5.74, 6) is -0.657. The molecule has 1 saturated carbocycles.